The van der Waals surface area contributed by atoms with Crippen molar-refractivity contribution in [2.75, 3.05) is 6.54 Å². The first kappa shape index (κ1) is 17.2. The molecule has 0 spiro atoms. The minimum Gasteiger partial charge on any atom is -0.480 e. The molecular formula is C14H17BrN2O4. The monoisotopic (exact) mass is 356 g/mol. The topological polar surface area (TPSA) is 95.5 Å². The Kier molecular flexibility index (Phi) is 6.87. The molecule has 1 rings (SSSR count). The van der Waals surface area contributed by atoms with Crippen molar-refractivity contribution in [2.24, 2.45) is 0 Å². The van der Waals surface area contributed by atoms with Gasteiger partial charge >= 0.3 is 5.97 Å². The number of nitrogens with one attached hydrogen (secondary N) is 2. The maximum atomic E-state index is 11.9. The minimum atomic E-state index is -1.08. The number of carboxylic acid groups (broad SMARTS) is 1. The van der Waals surface area contributed by atoms with Gasteiger partial charge in [0, 0.05) is 4.47 Å². The average molecular weight is 357 g/mol. The third kappa shape index (κ3) is 5.55. The second-order valence-electron chi connectivity index (χ2n) is 4.41. The summed E-state index contributed by atoms with van der Waals surface area (Å²) in [6.07, 6.45) is 0.986. The van der Waals surface area contributed by atoms with Crippen LogP contribution in [0.25, 0.3) is 0 Å². The standard InChI is InChI=1S/C14H17BrN2O4/c1-2-5-11(14(20)21)17-12(18)8-16-13(19)9-6-3-4-7-10(9)15/h3-4,6-7,11H,2,5,8H2,1H3,(H,16,19)(H,17,18)(H,20,21). The third-order valence-corrected chi connectivity index (χ3v) is 3.43. The lowest BCUT2D eigenvalue weighted by Crippen LogP contribution is -2.45. The van der Waals surface area contributed by atoms with E-state index in [9.17, 15) is 14.4 Å². The van der Waals surface area contributed by atoms with E-state index in [4.69, 9.17) is 5.11 Å². The zero-order valence-electron chi connectivity index (χ0n) is 11.6. The summed E-state index contributed by atoms with van der Waals surface area (Å²) in [6, 6.07) is 5.89. The summed E-state index contributed by atoms with van der Waals surface area (Å²) in [5, 5.41) is 13.8. The maximum Gasteiger partial charge on any atom is 0.326 e. The van der Waals surface area contributed by atoms with Gasteiger partial charge in [0.15, 0.2) is 0 Å². The Morgan fingerprint density at radius 1 is 1.29 bits per heavy atom. The molecule has 0 bridgehead atoms. The molecule has 1 aromatic rings. The van der Waals surface area contributed by atoms with Crippen LogP contribution in [0.2, 0.25) is 0 Å². The molecule has 0 saturated heterocycles. The normalized spacial score (nSPS) is 11.5. The largest absolute Gasteiger partial charge is 0.480 e. The van der Waals surface area contributed by atoms with E-state index in [1.54, 1.807) is 24.3 Å². The van der Waals surface area contributed by atoms with E-state index >= 15 is 0 Å². The first-order valence-corrected chi connectivity index (χ1v) is 7.30. The predicted molar refractivity (Wildman–Crippen MR) is 80.9 cm³/mol. The summed E-state index contributed by atoms with van der Waals surface area (Å²) in [4.78, 5) is 34.5. The first-order chi connectivity index (χ1) is 9.95. The summed E-state index contributed by atoms with van der Waals surface area (Å²) in [7, 11) is 0. The zero-order chi connectivity index (χ0) is 15.8. The summed E-state index contributed by atoms with van der Waals surface area (Å²) in [5.74, 6) is -2.02. The molecule has 0 saturated carbocycles. The molecule has 0 aliphatic heterocycles. The smallest absolute Gasteiger partial charge is 0.326 e. The Hall–Kier alpha value is -1.89. The fourth-order valence-corrected chi connectivity index (χ4v) is 2.16. The first-order valence-electron chi connectivity index (χ1n) is 6.50. The lowest BCUT2D eigenvalue weighted by Gasteiger charge is -2.14. The Bertz CT molecular complexity index is 533. The molecular weight excluding hydrogens is 340 g/mol. The number of aliphatic carboxylic acids is 1. The number of hydrogen-bond donors (Lipinski definition) is 3. The van der Waals surface area contributed by atoms with Crippen molar-refractivity contribution >= 4 is 33.7 Å². The van der Waals surface area contributed by atoms with Crippen LogP contribution >= 0.6 is 15.9 Å². The van der Waals surface area contributed by atoms with Gasteiger partial charge in [-0.05, 0) is 34.5 Å². The van der Waals surface area contributed by atoms with Crippen molar-refractivity contribution < 1.29 is 19.5 Å². The Morgan fingerprint density at radius 2 is 1.95 bits per heavy atom. The molecule has 0 fully saturated rings. The molecule has 1 unspecified atom stereocenters. The molecule has 0 radical (unpaired) electrons. The van der Waals surface area contributed by atoms with E-state index in [2.05, 4.69) is 26.6 Å². The number of carbonyl (C=O) groups excluding carboxylic acids is 2. The van der Waals surface area contributed by atoms with Crippen molar-refractivity contribution in [1.82, 2.24) is 10.6 Å². The number of hydrogen-bond acceptors (Lipinski definition) is 3. The second kappa shape index (κ2) is 8.41. The van der Waals surface area contributed by atoms with Crippen LogP contribution in [0, 0.1) is 0 Å². The molecule has 114 valence electrons. The fourth-order valence-electron chi connectivity index (χ4n) is 1.69. The molecule has 1 aromatic carbocycles. The summed E-state index contributed by atoms with van der Waals surface area (Å²) >= 11 is 3.24. The van der Waals surface area contributed by atoms with Crippen LogP contribution in [0.15, 0.2) is 28.7 Å². The highest BCUT2D eigenvalue weighted by molar-refractivity contribution is 9.10. The van der Waals surface area contributed by atoms with Crippen molar-refractivity contribution in [2.45, 2.75) is 25.8 Å². The summed E-state index contributed by atoms with van der Waals surface area (Å²) in [5.41, 5.74) is 0.411. The van der Waals surface area contributed by atoms with Crippen LogP contribution in [-0.2, 0) is 9.59 Å². The number of carboxylic acids is 1. The van der Waals surface area contributed by atoms with Crippen molar-refractivity contribution in [3.05, 3.63) is 34.3 Å². The van der Waals surface area contributed by atoms with Gasteiger partial charge in [-0.1, -0.05) is 25.5 Å². The Balaban J connectivity index is 2.51. The molecule has 21 heavy (non-hydrogen) atoms. The SMILES string of the molecule is CCCC(NC(=O)CNC(=O)c1ccccc1Br)C(=O)O. The van der Waals surface area contributed by atoms with Crippen LogP contribution in [0.3, 0.4) is 0 Å². The molecule has 2 amide bonds. The molecule has 6 nitrogen and oxygen atoms in total. The van der Waals surface area contributed by atoms with Gasteiger partial charge in [0.05, 0.1) is 12.1 Å². The fraction of sp³-hybridized carbons (Fsp3) is 0.357. The van der Waals surface area contributed by atoms with E-state index in [0.717, 1.165) is 0 Å². The Labute approximate surface area is 131 Å². The van der Waals surface area contributed by atoms with Crippen LogP contribution in [0.5, 0.6) is 0 Å². The average Bonchev–Trinajstić information content (AvgIpc) is 2.44. The van der Waals surface area contributed by atoms with Gasteiger partial charge in [-0.25, -0.2) is 4.79 Å². The van der Waals surface area contributed by atoms with Crippen LogP contribution in [-0.4, -0.2) is 35.5 Å². The number of amides is 2. The quantitative estimate of drug-likeness (QED) is 0.690. The zero-order valence-corrected chi connectivity index (χ0v) is 13.1. The van der Waals surface area contributed by atoms with Gasteiger partial charge in [0.25, 0.3) is 5.91 Å². The van der Waals surface area contributed by atoms with E-state index in [-0.39, 0.29) is 6.54 Å². The van der Waals surface area contributed by atoms with Crippen molar-refractivity contribution in [3.63, 3.8) is 0 Å². The van der Waals surface area contributed by atoms with Crippen LogP contribution < -0.4 is 10.6 Å². The molecule has 0 aliphatic carbocycles. The van der Waals surface area contributed by atoms with Crippen molar-refractivity contribution in [1.29, 1.82) is 0 Å². The van der Waals surface area contributed by atoms with Gasteiger partial charge in [-0.2, -0.15) is 0 Å². The lowest BCUT2D eigenvalue weighted by atomic mass is 10.1. The van der Waals surface area contributed by atoms with Gasteiger partial charge in [-0.15, -0.1) is 0 Å². The third-order valence-electron chi connectivity index (χ3n) is 2.74. The molecule has 0 aromatic heterocycles. The number of halogens is 1. The van der Waals surface area contributed by atoms with E-state index in [0.29, 0.717) is 22.9 Å². The van der Waals surface area contributed by atoms with E-state index in [1.165, 1.54) is 0 Å². The molecule has 0 aliphatic rings. The molecule has 3 N–H and O–H groups in total. The second-order valence-corrected chi connectivity index (χ2v) is 5.26. The van der Waals surface area contributed by atoms with Gasteiger partial charge in [-0.3, -0.25) is 9.59 Å². The van der Waals surface area contributed by atoms with Crippen LogP contribution in [0.1, 0.15) is 30.1 Å². The highest BCUT2D eigenvalue weighted by atomic mass is 79.9. The lowest BCUT2D eigenvalue weighted by molar-refractivity contribution is -0.141. The van der Waals surface area contributed by atoms with Crippen LogP contribution in [0.4, 0.5) is 0 Å². The molecule has 0 heterocycles. The number of rotatable bonds is 7. The van der Waals surface area contributed by atoms with Crippen molar-refractivity contribution in [3.8, 4) is 0 Å². The molecule has 7 heteroatoms. The van der Waals surface area contributed by atoms with Gasteiger partial charge in [0.1, 0.15) is 6.04 Å². The maximum absolute atomic E-state index is 11.9. The van der Waals surface area contributed by atoms with Gasteiger partial charge < -0.3 is 15.7 Å². The van der Waals surface area contributed by atoms with E-state index in [1.807, 2.05) is 6.92 Å². The van der Waals surface area contributed by atoms with E-state index < -0.39 is 23.8 Å². The minimum absolute atomic E-state index is 0.270. The number of benzene rings is 1. The van der Waals surface area contributed by atoms with Gasteiger partial charge in [0.2, 0.25) is 5.91 Å². The Morgan fingerprint density at radius 3 is 2.52 bits per heavy atom. The number of carbonyl (C=O) groups is 3. The predicted octanol–water partition coefficient (Wildman–Crippen LogP) is 1.55. The summed E-state index contributed by atoms with van der Waals surface area (Å²) in [6.45, 7) is 1.56. The highest BCUT2D eigenvalue weighted by Crippen LogP contribution is 2.15. The molecule has 1 atom stereocenters. The highest BCUT2D eigenvalue weighted by Gasteiger charge is 2.19. The summed E-state index contributed by atoms with van der Waals surface area (Å²) < 4.78 is 0.623.